The van der Waals surface area contributed by atoms with Gasteiger partial charge in [0.2, 0.25) is 0 Å². The zero-order chi connectivity index (χ0) is 17.0. The SMILES string of the molecule is CN(C)c1ccc(CN(CC(F)(F)F)C(=O)c2cscn2)cc1. The Morgan fingerprint density at radius 1 is 1.22 bits per heavy atom. The Morgan fingerprint density at radius 3 is 2.35 bits per heavy atom. The number of rotatable bonds is 5. The number of halogens is 3. The Labute approximate surface area is 136 Å². The second-order valence-corrected chi connectivity index (χ2v) is 5.93. The highest BCUT2D eigenvalue weighted by Crippen LogP contribution is 2.21. The van der Waals surface area contributed by atoms with E-state index in [0.717, 1.165) is 10.6 Å². The lowest BCUT2D eigenvalue weighted by atomic mass is 10.2. The average Bonchev–Trinajstić information content (AvgIpc) is 2.99. The van der Waals surface area contributed by atoms with Crippen molar-refractivity contribution in [2.75, 3.05) is 25.5 Å². The highest BCUT2D eigenvalue weighted by atomic mass is 32.1. The van der Waals surface area contributed by atoms with Crippen molar-refractivity contribution in [3.63, 3.8) is 0 Å². The van der Waals surface area contributed by atoms with Crippen LogP contribution in [-0.2, 0) is 6.54 Å². The average molecular weight is 343 g/mol. The van der Waals surface area contributed by atoms with Gasteiger partial charge in [-0.1, -0.05) is 12.1 Å². The van der Waals surface area contributed by atoms with Crippen LogP contribution in [0.15, 0.2) is 35.2 Å². The van der Waals surface area contributed by atoms with Crippen LogP contribution in [0.1, 0.15) is 16.1 Å². The van der Waals surface area contributed by atoms with Crippen LogP contribution in [0.4, 0.5) is 18.9 Å². The molecule has 1 aromatic carbocycles. The van der Waals surface area contributed by atoms with Crippen LogP contribution in [0.25, 0.3) is 0 Å². The van der Waals surface area contributed by atoms with Crippen molar-refractivity contribution in [2.45, 2.75) is 12.7 Å². The summed E-state index contributed by atoms with van der Waals surface area (Å²) in [6.45, 7) is -1.43. The molecule has 124 valence electrons. The molecule has 0 saturated carbocycles. The Hall–Kier alpha value is -2.09. The molecular formula is C15H16F3N3OS. The predicted octanol–water partition coefficient (Wildman–Crippen LogP) is 3.41. The first-order chi connectivity index (χ1) is 10.8. The number of alkyl halides is 3. The van der Waals surface area contributed by atoms with Gasteiger partial charge < -0.3 is 9.80 Å². The lowest BCUT2D eigenvalue weighted by molar-refractivity contribution is -0.141. The monoisotopic (exact) mass is 343 g/mol. The Kier molecular flexibility index (Phi) is 5.25. The number of carbonyl (C=O) groups is 1. The number of hydrogen-bond acceptors (Lipinski definition) is 4. The topological polar surface area (TPSA) is 36.4 Å². The summed E-state index contributed by atoms with van der Waals surface area (Å²) in [4.78, 5) is 18.7. The lowest BCUT2D eigenvalue weighted by Crippen LogP contribution is -2.38. The Bertz CT molecular complexity index is 639. The first kappa shape index (κ1) is 17.3. The second-order valence-electron chi connectivity index (χ2n) is 5.21. The summed E-state index contributed by atoms with van der Waals surface area (Å²) in [5.41, 5.74) is 3.01. The largest absolute Gasteiger partial charge is 0.406 e. The van der Waals surface area contributed by atoms with Gasteiger partial charge in [0.25, 0.3) is 5.91 Å². The van der Waals surface area contributed by atoms with E-state index < -0.39 is 18.6 Å². The molecule has 2 rings (SSSR count). The van der Waals surface area contributed by atoms with Crippen LogP contribution in [0.2, 0.25) is 0 Å². The number of anilines is 1. The van der Waals surface area contributed by atoms with Gasteiger partial charge in [0.05, 0.1) is 5.51 Å². The van der Waals surface area contributed by atoms with Crippen LogP contribution in [-0.4, -0.2) is 42.6 Å². The lowest BCUT2D eigenvalue weighted by Gasteiger charge is -2.23. The van der Waals surface area contributed by atoms with E-state index in [-0.39, 0.29) is 12.2 Å². The third kappa shape index (κ3) is 4.95. The van der Waals surface area contributed by atoms with Gasteiger partial charge in [-0.15, -0.1) is 11.3 Å². The summed E-state index contributed by atoms with van der Waals surface area (Å²) in [6.07, 6.45) is -4.46. The van der Waals surface area contributed by atoms with Crippen molar-refractivity contribution in [3.8, 4) is 0 Å². The molecule has 0 atom stereocenters. The van der Waals surface area contributed by atoms with Gasteiger partial charge in [0.1, 0.15) is 12.2 Å². The van der Waals surface area contributed by atoms with E-state index in [4.69, 9.17) is 0 Å². The van der Waals surface area contributed by atoms with Gasteiger partial charge in [-0.3, -0.25) is 4.79 Å². The van der Waals surface area contributed by atoms with Crippen molar-refractivity contribution in [1.82, 2.24) is 9.88 Å². The van der Waals surface area contributed by atoms with E-state index >= 15 is 0 Å². The number of hydrogen-bond donors (Lipinski definition) is 0. The fourth-order valence-electron chi connectivity index (χ4n) is 2.02. The molecule has 2 aromatic rings. The molecule has 0 aliphatic carbocycles. The summed E-state index contributed by atoms with van der Waals surface area (Å²) < 4.78 is 38.3. The van der Waals surface area contributed by atoms with Crippen LogP contribution < -0.4 is 4.90 Å². The first-order valence-electron chi connectivity index (χ1n) is 6.77. The molecule has 0 aliphatic rings. The smallest absolute Gasteiger partial charge is 0.378 e. The molecule has 1 amide bonds. The maximum atomic E-state index is 12.8. The summed E-state index contributed by atoms with van der Waals surface area (Å²) in [6, 6.07) is 7.03. The van der Waals surface area contributed by atoms with Crippen molar-refractivity contribution in [3.05, 3.63) is 46.4 Å². The molecule has 0 fully saturated rings. The molecule has 8 heteroatoms. The molecule has 0 spiro atoms. The van der Waals surface area contributed by atoms with Crippen LogP contribution in [0.5, 0.6) is 0 Å². The summed E-state index contributed by atoms with van der Waals surface area (Å²) in [7, 11) is 3.74. The normalized spacial score (nSPS) is 11.3. The van der Waals surface area contributed by atoms with Gasteiger partial charge in [-0.05, 0) is 17.7 Å². The van der Waals surface area contributed by atoms with Gasteiger partial charge in [-0.25, -0.2) is 4.98 Å². The van der Waals surface area contributed by atoms with Crippen molar-refractivity contribution < 1.29 is 18.0 Å². The van der Waals surface area contributed by atoms with E-state index in [9.17, 15) is 18.0 Å². The number of thiazole rings is 1. The number of nitrogens with zero attached hydrogens (tertiary/aromatic N) is 3. The summed E-state index contributed by atoms with van der Waals surface area (Å²) >= 11 is 1.17. The zero-order valence-corrected chi connectivity index (χ0v) is 13.5. The van der Waals surface area contributed by atoms with Crippen molar-refractivity contribution in [2.24, 2.45) is 0 Å². The molecule has 23 heavy (non-hydrogen) atoms. The highest BCUT2D eigenvalue weighted by Gasteiger charge is 2.33. The zero-order valence-electron chi connectivity index (χ0n) is 12.7. The third-order valence-corrected chi connectivity index (χ3v) is 3.72. The Morgan fingerprint density at radius 2 is 1.87 bits per heavy atom. The summed E-state index contributed by atoms with van der Waals surface area (Å²) in [5, 5.41) is 1.45. The number of benzene rings is 1. The van der Waals surface area contributed by atoms with Crippen LogP contribution in [0, 0.1) is 0 Å². The Balaban J connectivity index is 2.18. The molecule has 0 bridgehead atoms. The standard InChI is InChI=1S/C15H16F3N3OS/c1-20(2)12-5-3-11(4-6-12)7-21(9-15(16,17)18)14(22)13-8-23-10-19-13/h3-6,8,10H,7,9H2,1-2H3. The quantitative estimate of drug-likeness (QED) is 0.835. The molecular weight excluding hydrogens is 327 g/mol. The minimum atomic E-state index is -4.46. The molecule has 1 aromatic heterocycles. The van der Waals surface area contributed by atoms with E-state index in [1.165, 1.54) is 22.2 Å². The van der Waals surface area contributed by atoms with Gasteiger partial charge in [-0.2, -0.15) is 13.2 Å². The molecule has 0 radical (unpaired) electrons. The summed E-state index contributed by atoms with van der Waals surface area (Å²) in [5.74, 6) is -0.722. The number of carbonyl (C=O) groups excluding carboxylic acids is 1. The molecule has 0 N–H and O–H groups in total. The van der Waals surface area contributed by atoms with Crippen LogP contribution in [0.3, 0.4) is 0 Å². The predicted molar refractivity (Wildman–Crippen MR) is 83.7 cm³/mol. The fourth-order valence-corrected chi connectivity index (χ4v) is 2.54. The number of amides is 1. The fraction of sp³-hybridized carbons (Fsp3) is 0.333. The van der Waals surface area contributed by atoms with Crippen LogP contribution >= 0.6 is 11.3 Å². The minimum Gasteiger partial charge on any atom is -0.378 e. The van der Waals surface area contributed by atoms with E-state index in [0.29, 0.717) is 5.56 Å². The number of aromatic nitrogens is 1. The molecule has 0 unspecified atom stereocenters. The first-order valence-corrected chi connectivity index (χ1v) is 7.71. The third-order valence-electron chi connectivity index (χ3n) is 3.13. The molecule has 0 saturated heterocycles. The maximum Gasteiger partial charge on any atom is 0.406 e. The van der Waals surface area contributed by atoms with E-state index in [2.05, 4.69) is 4.98 Å². The van der Waals surface area contributed by atoms with Crippen molar-refractivity contribution >= 4 is 22.9 Å². The van der Waals surface area contributed by atoms with Gasteiger partial charge in [0, 0.05) is 31.7 Å². The highest BCUT2D eigenvalue weighted by molar-refractivity contribution is 7.07. The molecule has 0 aliphatic heterocycles. The second kappa shape index (κ2) is 6.99. The van der Waals surface area contributed by atoms with Crippen molar-refractivity contribution in [1.29, 1.82) is 0 Å². The van der Waals surface area contributed by atoms with E-state index in [1.807, 2.05) is 19.0 Å². The van der Waals surface area contributed by atoms with E-state index in [1.54, 1.807) is 24.3 Å². The minimum absolute atomic E-state index is 0.0316. The van der Waals surface area contributed by atoms with Gasteiger partial charge in [0.15, 0.2) is 0 Å². The molecule has 4 nitrogen and oxygen atoms in total. The van der Waals surface area contributed by atoms with Gasteiger partial charge >= 0.3 is 6.18 Å². The maximum absolute atomic E-state index is 12.8. The molecule has 1 heterocycles.